The van der Waals surface area contributed by atoms with Gasteiger partial charge in [0.2, 0.25) is 11.8 Å². The Labute approximate surface area is 172 Å². The number of nitrogens with zero attached hydrogens (tertiary/aromatic N) is 2. The van der Waals surface area contributed by atoms with E-state index in [4.69, 9.17) is 0 Å². The Kier molecular flexibility index (Phi) is 8.54. The highest BCUT2D eigenvalue weighted by atomic mass is 32.2. The molecule has 0 spiro atoms. The number of hydrogen-bond acceptors (Lipinski definition) is 4. The number of nitrogens with one attached hydrogen (secondary N) is 1. The highest BCUT2D eigenvalue weighted by molar-refractivity contribution is 7.98. The van der Waals surface area contributed by atoms with E-state index < -0.39 is 0 Å². The van der Waals surface area contributed by atoms with Crippen molar-refractivity contribution in [3.63, 3.8) is 0 Å². The zero-order valence-electron chi connectivity index (χ0n) is 17.0. The summed E-state index contributed by atoms with van der Waals surface area (Å²) < 4.78 is 0. The van der Waals surface area contributed by atoms with Gasteiger partial charge in [0, 0.05) is 17.5 Å². The maximum atomic E-state index is 12.8. The highest BCUT2D eigenvalue weighted by Gasteiger charge is 2.20. The Morgan fingerprint density at radius 2 is 1.64 bits per heavy atom. The summed E-state index contributed by atoms with van der Waals surface area (Å²) in [5, 5.41) is 2.93. The Morgan fingerprint density at radius 3 is 2.29 bits per heavy atom. The quantitative estimate of drug-likeness (QED) is 0.653. The van der Waals surface area contributed by atoms with Crippen LogP contribution in [0.1, 0.15) is 19.4 Å². The number of benzene rings is 2. The Hall–Kier alpha value is -2.31. The first kappa shape index (κ1) is 22.0. The van der Waals surface area contributed by atoms with Crippen molar-refractivity contribution in [2.45, 2.75) is 31.3 Å². The summed E-state index contributed by atoms with van der Waals surface area (Å²) in [6, 6.07) is 17.7. The van der Waals surface area contributed by atoms with Crippen LogP contribution in [0.5, 0.6) is 0 Å². The third-order valence-electron chi connectivity index (χ3n) is 4.34. The lowest BCUT2D eigenvalue weighted by molar-refractivity contribution is -0.134. The fraction of sp³-hybridized carbons (Fsp3) is 0.364. The normalized spacial score (nSPS) is 10.9. The van der Waals surface area contributed by atoms with Gasteiger partial charge in [-0.1, -0.05) is 42.5 Å². The van der Waals surface area contributed by atoms with Crippen molar-refractivity contribution in [2.24, 2.45) is 0 Å². The largest absolute Gasteiger partial charge is 0.335 e. The maximum Gasteiger partial charge on any atom is 0.238 e. The average molecular weight is 400 g/mol. The van der Waals surface area contributed by atoms with Crippen molar-refractivity contribution in [1.82, 2.24) is 9.80 Å². The Morgan fingerprint density at radius 1 is 1.00 bits per heavy atom. The summed E-state index contributed by atoms with van der Waals surface area (Å²) in [6.45, 7) is 4.94. The van der Waals surface area contributed by atoms with Gasteiger partial charge in [-0.05, 0) is 44.8 Å². The third-order valence-corrected chi connectivity index (χ3v) is 5.14. The first-order valence-electron chi connectivity index (χ1n) is 9.35. The van der Waals surface area contributed by atoms with E-state index in [9.17, 15) is 9.59 Å². The SMILES string of the molecule is CSc1ccccc1NC(=O)CN(C)CC(=O)N(Cc1ccccc1)C(C)C. The zero-order chi connectivity index (χ0) is 20.5. The summed E-state index contributed by atoms with van der Waals surface area (Å²) in [7, 11) is 1.79. The minimum Gasteiger partial charge on any atom is -0.335 e. The second-order valence-corrected chi connectivity index (χ2v) is 7.87. The molecule has 0 unspecified atom stereocenters. The van der Waals surface area contributed by atoms with Crippen molar-refractivity contribution < 1.29 is 9.59 Å². The van der Waals surface area contributed by atoms with Gasteiger partial charge in [-0.3, -0.25) is 14.5 Å². The van der Waals surface area contributed by atoms with Crippen LogP contribution in [0.3, 0.4) is 0 Å². The number of carbonyl (C=O) groups excluding carboxylic acids is 2. The molecule has 0 bridgehead atoms. The monoisotopic (exact) mass is 399 g/mol. The molecular weight excluding hydrogens is 370 g/mol. The van der Waals surface area contributed by atoms with Gasteiger partial charge in [-0.2, -0.15) is 0 Å². The minimum absolute atomic E-state index is 0.0127. The van der Waals surface area contributed by atoms with Crippen LogP contribution in [0.25, 0.3) is 0 Å². The predicted octanol–water partition coefficient (Wildman–Crippen LogP) is 3.72. The molecule has 0 aliphatic rings. The molecule has 2 aromatic carbocycles. The van der Waals surface area contributed by atoms with Gasteiger partial charge in [0.25, 0.3) is 0 Å². The lowest BCUT2D eigenvalue weighted by Crippen LogP contribution is -2.44. The van der Waals surface area contributed by atoms with Gasteiger partial charge < -0.3 is 10.2 Å². The van der Waals surface area contributed by atoms with Gasteiger partial charge in [0.05, 0.1) is 18.8 Å². The lowest BCUT2D eigenvalue weighted by atomic mass is 10.2. The van der Waals surface area contributed by atoms with Crippen molar-refractivity contribution in [1.29, 1.82) is 0 Å². The zero-order valence-corrected chi connectivity index (χ0v) is 17.8. The molecule has 0 aromatic heterocycles. The number of rotatable bonds is 9. The number of anilines is 1. The van der Waals surface area contributed by atoms with Crippen LogP contribution in [0.15, 0.2) is 59.5 Å². The molecule has 2 amide bonds. The van der Waals surface area contributed by atoms with Crippen LogP contribution in [0.4, 0.5) is 5.69 Å². The molecule has 1 N–H and O–H groups in total. The molecule has 0 fully saturated rings. The van der Waals surface area contributed by atoms with Crippen LogP contribution < -0.4 is 5.32 Å². The van der Waals surface area contributed by atoms with Crippen LogP contribution in [0, 0.1) is 0 Å². The number of hydrogen-bond donors (Lipinski definition) is 1. The van der Waals surface area contributed by atoms with Crippen molar-refractivity contribution >= 4 is 29.3 Å². The second kappa shape index (κ2) is 10.9. The first-order valence-corrected chi connectivity index (χ1v) is 10.6. The van der Waals surface area contributed by atoms with Crippen LogP contribution in [-0.4, -0.2) is 54.0 Å². The molecule has 150 valence electrons. The Balaban J connectivity index is 1.91. The Bertz CT molecular complexity index is 780. The summed E-state index contributed by atoms with van der Waals surface area (Å²) >= 11 is 1.59. The van der Waals surface area contributed by atoms with Crippen molar-refractivity contribution in [3.05, 3.63) is 60.2 Å². The van der Waals surface area contributed by atoms with Crippen LogP contribution in [-0.2, 0) is 16.1 Å². The summed E-state index contributed by atoms with van der Waals surface area (Å²) in [4.78, 5) is 29.8. The minimum atomic E-state index is -0.129. The average Bonchev–Trinajstić information content (AvgIpc) is 2.66. The molecular formula is C22H29N3O2S. The predicted molar refractivity (Wildman–Crippen MR) is 116 cm³/mol. The van der Waals surface area contributed by atoms with E-state index in [1.807, 2.05) is 79.6 Å². The summed E-state index contributed by atoms with van der Waals surface area (Å²) in [6.07, 6.45) is 1.98. The van der Waals surface area contributed by atoms with E-state index in [1.54, 1.807) is 23.7 Å². The van der Waals surface area contributed by atoms with E-state index in [-0.39, 0.29) is 30.9 Å². The van der Waals surface area contributed by atoms with Crippen molar-refractivity contribution in [3.8, 4) is 0 Å². The molecule has 2 rings (SSSR count). The number of para-hydroxylation sites is 1. The first-order chi connectivity index (χ1) is 13.4. The maximum absolute atomic E-state index is 12.8. The molecule has 0 aliphatic carbocycles. The molecule has 0 saturated heterocycles. The molecule has 5 nitrogen and oxygen atoms in total. The van der Waals surface area contributed by atoms with Gasteiger partial charge in [-0.25, -0.2) is 0 Å². The molecule has 0 saturated carbocycles. The van der Waals surface area contributed by atoms with E-state index in [0.717, 1.165) is 16.1 Å². The van der Waals surface area contributed by atoms with Crippen molar-refractivity contribution in [2.75, 3.05) is 31.7 Å². The standard InChI is InChI=1S/C22H29N3O2S/c1-17(2)25(14-18-10-6-5-7-11-18)22(27)16-24(3)15-21(26)23-19-12-8-9-13-20(19)28-4/h5-13,17H,14-16H2,1-4H3,(H,23,26). The number of thioether (sulfide) groups is 1. The topological polar surface area (TPSA) is 52.7 Å². The number of carbonyl (C=O) groups is 2. The van der Waals surface area contributed by atoms with E-state index in [1.165, 1.54) is 0 Å². The van der Waals surface area contributed by atoms with E-state index in [2.05, 4.69) is 5.32 Å². The molecule has 0 heterocycles. The molecule has 0 atom stereocenters. The third kappa shape index (κ3) is 6.69. The summed E-state index contributed by atoms with van der Waals surface area (Å²) in [5.41, 5.74) is 1.89. The second-order valence-electron chi connectivity index (χ2n) is 7.02. The molecule has 2 aromatic rings. The molecule has 28 heavy (non-hydrogen) atoms. The lowest BCUT2D eigenvalue weighted by Gasteiger charge is -2.29. The molecule has 6 heteroatoms. The van der Waals surface area contributed by atoms with Gasteiger partial charge in [0.15, 0.2) is 0 Å². The van der Waals surface area contributed by atoms with E-state index >= 15 is 0 Å². The van der Waals surface area contributed by atoms with Gasteiger partial charge in [-0.15, -0.1) is 11.8 Å². The fourth-order valence-electron chi connectivity index (χ4n) is 2.90. The van der Waals surface area contributed by atoms with Crippen LogP contribution in [0.2, 0.25) is 0 Å². The number of likely N-dealkylation sites (N-methyl/N-ethyl adjacent to an activating group) is 1. The highest BCUT2D eigenvalue weighted by Crippen LogP contribution is 2.24. The van der Waals surface area contributed by atoms with Gasteiger partial charge >= 0.3 is 0 Å². The molecule has 0 aliphatic heterocycles. The summed E-state index contributed by atoms with van der Waals surface area (Å²) in [5.74, 6) is -0.116. The van der Waals surface area contributed by atoms with E-state index in [0.29, 0.717) is 6.54 Å². The smallest absolute Gasteiger partial charge is 0.238 e. The molecule has 0 radical (unpaired) electrons. The number of amides is 2. The van der Waals surface area contributed by atoms with Crippen LogP contribution >= 0.6 is 11.8 Å². The fourth-order valence-corrected chi connectivity index (χ4v) is 3.45. The van der Waals surface area contributed by atoms with Gasteiger partial charge in [0.1, 0.15) is 0 Å².